The maximum Gasteiger partial charge on any atom is 0.302 e. The number of aliphatic hydroxyl groups excluding tert-OH is 1. The fourth-order valence-electron chi connectivity index (χ4n) is 3.82. The van der Waals surface area contributed by atoms with Crippen LogP contribution < -0.4 is 0 Å². The number of hydrogen-bond donors (Lipinski definition) is 1. The highest BCUT2D eigenvalue weighted by molar-refractivity contribution is 6.30. The van der Waals surface area contributed by atoms with E-state index in [0.717, 1.165) is 11.1 Å². The highest BCUT2D eigenvalue weighted by Crippen LogP contribution is 2.44. The first-order chi connectivity index (χ1) is 14.8. The number of amides is 1. The van der Waals surface area contributed by atoms with E-state index < -0.39 is 30.3 Å². The molecule has 0 spiro atoms. The van der Waals surface area contributed by atoms with E-state index >= 15 is 0 Å². The summed E-state index contributed by atoms with van der Waals surface area (Å²) in [5, 5.41) is 11.1. The van der Waals surface area contributed by atoms with Crippen molar-refractivity contribution in [2.75, 3.05) is 13.2 Å². The van der Waals surface area contributed by atoms with Gasteiger partial charge in [0.05, 0.1) is 18.7 Å². The Hall–Kier alpha value is -2.12. The number of aliphatic hydroxyl groups is 1. The van der Waals surface area contributed by atoms with Gasteiger partial charge in [0.25, 0.3) is 5.91 Å². The van der Waals surface area contributed by atoms with Gasteiger partial charge >= 0.3 is 5.97 Å². The van der Waals surface area contributed by atoms with Gasteiger partial charge in [0.2, 0.25) is 0 Å². The summed E-state index contributed by atoms with van der Waals surface area (Å²) < 4.78 is 11.3. The number of esters is 1. The summed E-state index contributed by atoms with van der Waals surface area (Å²) in [7, 11) is 0. The Balaban J connectivity index is 2.12. The van der Waals surface area contributed by atoms with Crippen LogP contribution in [-0.2, 0) is 19.1 Å². The van der Waals surface area contributed by atoms with Crippen molar-refractivity contribution in [2.45, 2.75) is 44.6 Å². The third-order valence-corrected chi connectivity index (χ3v) is 5.82. The van der Waals surface area contributed by atoms with Gasteiger partial charge < -0.3 is 19.5 Å². The van der Waals surface area contributed by atoms with Gasteiger partial charge in [-0.1, -0.05) is 54.4 Å². The summed E-state index contributed by atoms with van der Waals surface area (Å²) in [6, 6.07) is 13.4. The summed E-state index contributed by atoms with van der Waals surface area (Å²) in [6.07, 6.45) is -1.06. The average Bonchev–Trinajstić information content (AvgIpc) is 2.75. The van der Waals surface area contributed by atoms with E-state index in [9.17, 15) is 14.7 Å². The van der Waals surface area contributed by atoms with Crippen LogP contribution in [0.25, 0.3) is 0 Å². The number of carbonyl (C=O) groups excluding carboxylic acids is 2. The lowest BCUT2D eigenvalue weighted by atomic mass is 9.90. The Labute approximate surface area is 191 Å². The molecule has 1 aliphatic rings. The lowest BCUT2D eigenvalue weighted by molar-refractivity contribution is -0.189. The lowest BCUT2D eigenvalue weighted by Crippen LogP contribution is -2.56. The van der Waals surface area contributed by atoms with E-state index in [1.807, 2.05) is 31.2 Å². The third kappa shape index (κ3) is 5.39. The van der Waals surface area contributed by atoms with Crippen LogP contribution in [0.4, 0.5) is 0 Å². The highest BCUT2D eigenvalue weighted by Gasteiger charge is 2.46. The molecule has 2 aromatic rings. The van der Waals surface area contributed by atoms with Crippen LogP contribution in [0.5, 0.6) is 0 Å². The van der Waals surface area contributed by atoms with Crippen molar-refractivity contribution in [3.8, 4) is 0 Å². The van der Waals surface area contributed by atoms with Crippen LogP contribution in [0.2, 0.25) is 10.0 Å². The zero-order valence-electron chi connectivity index (χ0n) is 17.3. The largest absolute Gasteiger partial charge is 0.463 e. The molecular weight excluding hydrogens is 441 g/mol. The average molecular weight is 466 g/mol. The van der Waals surface area contributed by atoms with E-state index in [2.05, 4.69) is 0 Å². The van der Waals surface area contributed by atoms with Crippen LogP contribution in [0, 0.1) is 0 Å². The smallest absolute Gasteiger partial charge is 0.302 e. The number of benzene rings is 2. The minimum atomic E-state index is -1.00. The summed E-state index contributed by atoms with van der Waals surface area (Å²) >= 11 is 12.3. The number of hydrogen-bond acceptors (Lipinski definition) is 5. The van der Waals surface area contributed by atoms with Crippen molar-refractivity contribution in [1.29, 1.82) is 0 Å². The zero-order valence-corrected chi connectivity index (χ0v) is 18.8. The van der Waals surface area contributed by atoms with Gasteiger partial charge in [0, 0.05) is 17.0 Å². The molecule has 1 heterocycles. The Morgan fingerprint density at radius 2 is 1.87 bits per heavy atom. The van der Waals surface area contributed by atoms with Gasteiger partial charge in [-0.25, -0.2) is 0 Å². The summed E-state index contributed by atoms with van der Waals surface area (Å²) in [5.74, 6) is -0.850. The molecule has 0 aromatic heterocycles. The van der Waals surface area contributed by atoms with Crippen molar-refractivity contribution in [3.63, 3.8) is 0 Å². The van der Waals surface area contributed by atoms with Crippen LogP contribution in [0.1, 0.15) is 43.5 Å². The molecule has 0 aliphatic carbocycles. The molecule has 1 amide bonds. The molecule has 4 atom stereocenters. The molecular formula is C23H25Cl2NO5. The monoisotopic (exact) mass is 465 g/mol. The van der Waals surface area contributed by atoms with Crippen LogP contribution in [-0.4, -0.2) is 47.2 Å². The molecule has 0 bridgehead atoms. The predicted octanol–water partition coefficient (Wildman–Crippen LogP) is 4.34. The standard InChI is InChI=1S/C23H25Cl2NO5/c1-3-19(12-27)26-21(15-7-9-17(24)10-8-15)22(16-5-4-6-18(25)11-16)31-20(23(26)29)13-30-14(2)28/h4-11,19-22,27H,3,12-13H2,1-2H3/t19-,20?,21+,22-/m0/s1. The zero-order chi connectivity index (χ0) is 22.5. The van der Waals surface area contributed by atoms with Gasteiger partial charge in [-0.2, -0.15) is 0 Å². The minimum Gasteiger partial charge on any atom is -0.463 e. The summed E-state index contributed by atoms with van der Waals surface area (Å²) in [4.78, 5) is 26.4. The number of rotatable bonds is 7. The van der Waals surface area contributed by atoms with Gasteiger partial charge in [0.15, 0.2) is 6.10 Å². The fraction of sp³-hybridized carbons (Fsp3) is 0.391. The van der Waals surface area contributed by atoms with Crippen molar-refractivity contribution in [3.05, 3.63) is 69.7 Å². The van der Waals surface area contributed by atoms with E-state index in [0.29, 0.717) is 16.5 Å². The van der Waals surface area contributed by atoms with Crippen LogP contribution in [0.3, 0.4) is 0 Å². The molecule has 166 valence electrons. The second kappa shape index (κ2) is 10.5. The Bertz CT molecular complexity index is 916. The number of halogens is 2. The Kier molecular flexibility index (Phi) is 7.94. The van der Waals surface area contributed by atoms with Gasteiger partial charge in [0.1, 0.15) is 12.7 Å². The molecule has 6 nitrogen and oxygen atoms in total. The topological polar surface area (TPSA) is 76.1 Å². The molecule has 1 fully saturated rings. The van der Waals surface area contributed by atoms with Gasteiger partial charge in [-0.15, -0.1) is 0 Å². The predicted molar refractivity (Wildman–Crippen MR) is 118 cm³/mol. The van der Waals surface area contributed by atoms with Crippen molar-refractivity contribution in [2.24, 2.45) is 0 Å². The van der Waals surface area contributed by atoms with Gasteiger partial charge in [-0.3, -0.25) is 9.59 Å². The first-order valence-corrected chi connectivity index (χ1v) is 10.8. The van der Waals surface area contributed by atoms with E-state index in [4.69, 9.17) is 32.7 Å². The Morgan fingerprint density at radius 1 is 1.16 bits per heavy atom. The normalized spacial score (nSPS) is 22.3. The first-order valence-electron chi connectivity index (χ1n) is 10.1. The number of carbonyl (C=O) groups is 2. The SMILES string of the molecule is CC[C@@H](CO)N1C(=O)C(COC(C)=O)O[C@@H](c2cccc(Cl)c2)[C@H]1c1ccc(Cl)cc1. The number of morpholine rings is 1. The fourth-order valence-corrected chi connectivity index (χ4v) is 4.15. The molecule has 1 N–H and O–H groups in total. The molecule has 3 rings (SSSR count). The molecule has 1 saturated heterocycles. The first kappa shape index (κ1) is 23.5. The van der Waals surface area contributed by atoms with E-state index in [-0.39, 0.29) is 19.1 Å². The Morgan fingerprint density at radius 3 is 2.45 bits per heavy atom. The molecule has 1 aliphatic heterocycles. The van der Waals surface area contributed by atoms with E-state index in [1.54, 1.807) is 29.2 Å². The van der Waals surface area contributed by atoms with Crippen molar-refractivity contribution in [1.82, 2.24) is 4.90 Å². The summed E-state index contributed by atoms with van der Waals surface area (Å²) in [6.45, 7) is 2.75. The molecule has 31 heavy (non-hydrogen) atoms. The molecule has 0 radical (unpaired) electrons. The second-order valence-electron chi connectivity index (χ2n) is 7.39. The molecule has 0 saturated carbocycles. The van der Waals surface area contributed by atoms with Crippen LogP contribution in [0.15, 0.2) is 48.5 Å². The van der Waals surface area contributed by atoms with Crippen molar-refractivity contribution < 1.29 is 24.2 Å². The van der Waals surface area contributed by atoms with Gasteiger partial charge in [-0.05, 0) is 41.8 Å². The quantitative estimate of drug-likeness (QED) is 0.615. The molecule has 8 heteroatoms. The van der Waals surface area contributed by atoms with E-state index in [1.165, 1.54) is 6.92 Å². The minimum absolute atomic E-state index is 0.211. The van der Waals surface area contributed by atoms with Crippen LogP contribution >= 0.6 is 23.2 Å². The lowest BCUT2D eigenvalue weighted by Gasteiger charge is -2.47. The summed E-state index contributed by atoms with van der Waals surface area (Å²) in [5.41, 5.74) is 1.58. The second-order valence-corrected chi connectivity index (χ2v) is 8.26. The van der Waals surface area contributed by atoms with Crippen molar-refractivity contribution >= 4 is 35.1 Å². The third-order valence-electron chi connectivity index (χ3n) is 5.33. The molecule has 1 unspecified atom stereocenters. The maximum atomic E-state index is 13.4. The number of nitrogens with zero attached hydrogens (tertiary/aromatic N) is 1. The highest BCUT2D eigenvalue weighted by atomic mass is 35.5. The molecule has 2 aromatic carbocycles. The number of ether oxygens (including phenoxy) is 2. The maximum absolute atomic E-state index is 13.4.